The van der Waals surface area contributed by atoms with Crippen molar-refractivity contribution in [2.45, 2.75) is 0 Å². The lowest BCUT2D eigenvalue weighted by atomic mass is 9.92. The summed E-state index contributed by atoms with van der Waals surface area (Å²) in [6, 6.07) is 70.2. The van der Waals surface area contributed by atoms with Crippen LogP contribution in [0.15, 0.2) is 194 Å². The van der Waals surface area contributed by atoms with Gasteiger partial charge in [-0.3, -0.25) is 4.40 Å². The van der Waals surface area contributed by atoms with E-state index in [1.54, 1.807) is 0 Å². The van der Waals surface area contributed by atoms with Crippen molar-refractivity contribution in [2.75, 3.05) is 0 Å². The lowest BCUT2D eigenvalue weighted by Crippen LogP contribution is -1.95. The molecule has 0 aliphatic rings. The molecule has 0 bridgehead atoms. The van der Waals surface area contributed by atoms with E-state index >= 15 is 0 Å². The summed E-state index contributed by atoms with van der Waals surface area (Å²) < 4.78 is 5.05. The number of imidazole rings is 1. The van der Waals surface area contributed by atoms with Crippen LogP contribution in [-0.2, 0) is 0 Å². The topological polar surface area (TPSA) is 17.3 Å². The van der Waals surface area contributed by atoms with Crippen molar-refractivity contribution in [1.29, 1.82) is 0 Å². The van der Waals surface area contributed by atoms with Crippen molar-refractivity contribution >= 4 is 58.8 Å². The van der Waals surface area contributed by atoms with Crippen LogP contribution in [0.4, 0.5) is 0 Å². The van der Waals surface area contributed by atoms with E-state index in [4.69, 9.17) is 4.98 Å². The van der Waals surface area contributed by atoms with Crippen LogP contribution in [0.3, 0.4) is 0 Å². The molecule has 0 saturated carbocycles. The molecular formula is C51H32N2S. The van der Waals surface area contributed by atoms with Gasteiger partial charge in [-0.2, -0.15) is 0 Å². The first-order valence-electron chi connectivity index (χ1n) is 18.4. The van der Waals surface area contributed by atoms with E-state index in [1.807, 2.05) is 11.3 Å². The van der Waals surface area contributed by atoms with E-state index in [-0.39, 0.29) is 0 Å². The van der Waals surface area contributed by atoms with Crippen LogP contribution in [0.25, 0.3) is 103 Å². The Hall–Kier alpha value is -6.81. The fourth-order valence-electron chi connectivity index (χ4n) is 8.31. The van der Waals surface area contributed by atoms with Gasteiger partial charge in [-0.25, -0.2) is 4.98 Å². The fraction of sp³-hybridized carbons (Fsp3) is 0. The molecule has 0 fully saturated rings. The molecule has 11 aromatic rings. The normalized spacial score (nSPS) is 11.7. The molecule has 0 aliphatic heterocycles. The Balaban J connectivity index is 1.08. The van der Waals surface area contributed by atoms with E-state index in [1.165, 1.54) is 64.3 Å². The predicted octanol–water partition coefficient (Wildman–Crippen LogP) is 14.3. The lowest BCUT2D eigenvalue weighted by molar-refractivity contribution is 1.27. The minimum atomic E-state index is 0.968. The maximum absolute atomic E-state index is 5.39. The van der Waals surface area contributed by atoms with Gasteiger partial charge in [0.2, 0.25) is 0 Å². The van der Waals surface area contributed by atoms with Crippen molar-refractivity contribution in [1.82, 2.24) is 9.38 Å². The van der Waals surface area contributed by atoms with Crippen LogP contribution in [0, 0.1) is 0 Å². The molecular weight excluding hydrogens is 673 g/mol. The molecule has 0 unspecified atom stereocenters. The molecule has 8 aromatic carbocycles. The van der Waals surface area contributed by atoms with Crippen molar-refractivity contribution in [3.8, 4) is 55.9 Å². The molecule has 0 spiro atoms. The average Bonchev–Trinajstić information content (AvgIpc) is 3.84. The smallest absolute Gasteiger partial charge is 0.146 e. The van der Waals surface area contributed by atoms with Gasteiger partial charge in [-0.15, -0.1) is 11.3 Å². The maximum Gasteiger partial charge on any atom is 0.146 e. The third kappa shape index (κ3) is 4.83. The Morgan fingerprint density at radius 1 is 0.370 bits per heavy atom. The van der Waals surface area contributed by atoms with E-state index in [0.717, 1.165) is 39.1 Å². The summed E-state index contributed by atoms with van der Waals surface area (Å²) in [4.78, 5) is 5.39. The van der Waals surface area contributed by atoms with Gasteiger partial charge in [0.1, 0.15) is 5.65 Å². The SMILES string of the molecule is c1ccc(-c2nc3c4ccccc4c4cc(-c5ccccc5-c5ccc(-c6cccc7c6sc6ccccc67)cc5)ccc4n3c2-c2ccccc2)cc1. The number of hydrogen-bond donors (Lipinski definition) is 0. The largest absolute Gasteiger partial charge is 0.291 e. The first kappa shape index (κ1) is 30.8. The third-order valence-corrected chi connectivity index (χ3v) is 12.0. The van der Waals surface area contributed by atoms with Crippen LogP contribution in [0.2, 0.25) is 0 Å². The molecule has 11 rings (SSSR count). The number of rotatable bonds is 5. The Bertz CT molecular complexity index is 3190. The fourth-order valence-corrected chi connectivity index (χ4v) is 9.55. The average molecular weight is 705 g/mol. The monoisotopic (exact) mass is 704 g/mol. The highest BCUT2D eigenvalue weighted by Crippen LogP contribution is 2.43. The van der Waals surface area contributed by atoms with Crippen molar-refractivity contribution in [2.24, 2.45) is 0 Å². The van der Waals surface area contributed by atoms with E-state index in [0.29, 0.717) is 0 Å². The standard InChI is InChI=1S/C51H32N2S/c1-3-14-35(15-4-1)48-49(36-16-5-2-6-17-36)53-46-31-30-37(32-45(46)41-20-9-10-22-44(41)51(53)52-48)39-19-8-7-18-38(39)33-26-28-34(29-27-33)40-23-13-24-43-42-21-11-12-25-47(42)54-50(40)43/h1-32H. The van der Waals surface area contributed by atoms with Gasteiger partial charge in [0, 0.05) is 42.1 Å². The Morgan fingerprint density at radius 3 is 1.69 bits per heavy atom. The molecule has 2 nitrogen and oxygen atoms in total. The van der Waals surface area contributed by atoms with Crippen LogP contribution >= 0.6 is 11.3 Å². The van der Waals surface area contributed by atoms with Gasteiger partial charge in [0.25, 0.3) is 0 Å². The summed E-state index contributed by atoms with van der Waals surface area (Å²) in [5.41, 5.74) is 13.8. The first-order chi connectivity index (χ1) is 26.8. The van der Waals surface area contributed by atoms with Crippen LogP contribution in [0.1, 0.15) is 0 Å². The van der Waals surface area contributed by atoms with Gasteiger partial charge < -0.3 is 0 Å². The number of fused-ring (bicyclic) bond motifs is 9. The Morgan fingerprint density at radius 2 is 0.926 bits per heavy atom. The molecule has 0 amide bonds. The van der Waals surface area contributed by atoms with Crippen molar-refractivity contribution < 1.29 is 0 Å². The van der Waals surface area contributed by atoms with Crippen LogP contribution in [0.5, 0.6) is 0 Å². The number of pyridine rings is 1. The molecule has 3 heteroatoms. The molecule has 0 saturated heterocycles. The lowest BCUT2D eigenvalue weighted by Gasteiger charge is -2.15. The van der Waals surface area contributed by atoms with Crippen molar-refractivity contribution in [3.05, 3.63) is 194 Å². The number of aromatic nitrogens is 2. The summed E-state index contributed by atoms with van der Waals surface area (Å²) >= 11 is 1.88. The zero-order valence-corrected chi connectivity index (χ0v) is 30.1. The highest BCUT2D eigenvalue weighted by Gasteiger charge is 2.21. The quantitative estimate of drug-likeness (QED) is 0.163. The van der Waals surface area contributed by atoms with Gasteiger partial charge in [0.05, 0.1) is 16.9 Å². The summed E-state index contributed by atoms with van der Waals surface area (Å²) in [5, 5.41) is 6.19. The summed E-state index contributed by atoms with van der Waals surface area (Å²) in [5.74, 6) is 0. The second-order valence-corrected chi connectivity index (χ2v) is 14.9. The predicted molar refractivity (Wildman–Crippen MR) is 230 cm³/mol. The molecule has 0 aliphatic carbocycles. The number of hydrogen-bond acceptors (Lipinski definition) is 2. The number of nitrogens with zero attached hydrogens (tertiary/aromatic N) is 2. The molecule has 3 aromatic heterocycles. The van der Waals surface area contributed by atoms with E-state index < -0.39 is 0 Å². The van der Waals surface area contributed by atoms with Gasteiger partial charge in [-0.05, 0) is 57.0 Å². The molecule has 54 heavy (non-hydrogen) atoms. The second kappa shape index (κ2) is 12.4. The zero-order valence-electron chi connectivity index (χ0n) is 29.3. The van der Waals surface area contributed by atoms with Gasteiger partial charge >= 0.3 is 0 Å². The highest BCUT2D eigenvalue weighted by molar-refractivity contribution is 7.26. The molecule has 252 valence electrons. The minimum Gasteiger partial charge on any atom is -0.291 e. The number of thiophene rings is 1. The van der Waals surface area contributed by atoms with E-state index in [2.05, 4.69) is 199 Å². The summed E-state index contributed by atoms with van der Waals surface area (Å²) in [6.45, 7) is 0. The van der Waals surface area contributed by atoms with Gasteiger partial charge in [0.15, 0.2) is 0 Å². The zero-order chi connectivity index (χ0) is 35.6. The summed E-state index contributed by atoms with van der Waals surface area (Å²) in [7, 11) is 0. The minimum absolute atomic E-state index is 0.968. The van der Waals surface area contributed by atoms with Crippen LogP contribution in [-0.4, -0.2) is 9.38 Å². The van der Waals surface area contributed by atoms with Crippen molar-refractivity contribution in [3.63, 3.8) is 0 Å². The van der Waals surface area contributed by atoms with E-state index in [9.17, 15) is 0 Å². The van der Waals surface area contributed by atoms with Crippen LogP contribution < -0.4 is 0 Å². The van der Waals surface area contributed by atoms with Gasteiger partial charge in [-0.1, -0.05) is 176 Å². The Labute approximate surface area is 316 Å². The third-order valence-electron chi connectivity index (χ3n) is 10.8. The highest BCUT2D eigenvalue weighted by atomic mass is 32.1. The molecule has 3 heterocycles. The Kier molecular flexibility index (Phi) is 7.07. The maximum atomic E-state index is 5.39. The second-order valence-electron chi connectivity index (χ2n) is 13.9. The summed E-state index contributed by atoms with van der Waals surface area (Å²) in [6.07, 6.45) is 0. The number of benzene rings is 8. The molecule has 0 radical (unpaired) electrons. The first-order valence-corrected chi connectivity index (χ1v) is 19.2. The molecule has 0 N–H and O–H groups in total. The molecule has 0 atom stereocenters.